The maximum atomic E-state index is 2.60. The number of hydrogen-bond acceptors (Lipinski definition) is 0. The van der Waals surface area contributed by atoms with Crippen molar-refractivity contribution in [3.8, 4) is 0 Å². The third-order valence-corrected chi connectivity index (χ3v) is 13.2. The van der Waals surface area contributed by atoms with Gasteiger partial charge in [0.15, 0.2) is 0 Å². The van der Waals surface area contributed by atoms with Crippen LogP contribution in [0.4, 0.5) is 0 Å². The van der Waals surface area contributed by atoms with E-state index >= 15 is 0 Å². The molecule has 3 rings (SSSR count). The molecule has 2 saturated heterocycles. The molecular formula is C18H30BNSn. The Morgan fingerprint density at radius 2 is 1.62 bits per heavy atom. The zero-order valence-corrected chi connectivity index (χ0v) is 17.1. The van der Waals surface area contributed by atoms with Crippen LogP contribution in [0.15, 0.2) is 33.6 Å². The van der Waals surface area contributed by atoms with Crippen LogP contribution >= 0.6 is 0 Å². The van der Waals surface area contributed by atoms with Crippen LogP contribution in [0, 0.1) is 5.92 Å². The van der Waals surface area contributed by atoms with Gasteiger partial charge in [-0.05, 0) is 0 Å². The predicted molar refractivity (Wildman–Crippen MR) is 96.6 cm³/mol. The zero-order chi connectivity index (χ0) is 15.0. The van der Waals surface area contributed by atoms with E-state index in [0.29, 0.717) is 6.85 Å². The van der Waals surface area contributed by atoms with Crippen molar-refractivity contribution >= 4 is 25.2 Å². The minimum absolute atomic E-state index is 0.672. The van der Waals surface area contributed by atoms with Crippen LogP contribution in [-0.2, 0) is 0 Å². The van der Waals surface area contributed by atoms with E-state index < -0.39 is 18.4 Å². The van der Waals surface area contributed by atoms with Crippen molar-refractivity contribution in [3.05, 3.63) is 33.6 Å². The molecule has 2 aliphatic rings. The number of hydrogen-bond donors (Lipinski definition) is 0. The summed E-state index contributed by atoms with van der Waals surface area (Å²) in [6.45, 7) is 3.17. The second-order valence-corrected chi connectivity index (χ2v) is 23.2. The van der Waals surface area contributed by atoms with Gasteiger partial charge in [0.1, 0.15) is 0 Å². The van der Waals surface area contributed by atoms with E-state index in [2.05, 4.69) is 50.7 Å². The Labute approximate surface area is 135 Å². The van der Waals surface area contributed by atoms with Crippen molar-refractivity contribution in [2.45, 2.75) is 66.1 Å². The number of fused-ring (bicyclic) bond motifs is 3. The number of rotatable bonds is 2. The molecule has 0 aliphatic carbocycles. The zero-order valence-electron chi connectivity index (χ0n) is 14.2. The summed E-state index contributed by atoms with van der Waals surface area (Å²) in [4.78, 5) is 7.79. The van der Waals surface area contributed by atoms with E-state index in [-0.39, 0.29) is 0 Å². The summed E-state index contributed by atoms with van der Waals surface area (Å²) in [5.41, 5.74) is 1.88. The van der Waals surface area contributed by atoms with E-state index in [1.54, 1.807) is 0 Å². The first-order valence-corrected chi connectivity index (χ1v) is 18.8. The van der Waals surface area contributed by atoms with Gasteiger partial charge in [-0.25, -0.2) is 0 Å². The molecule has 0 amide bonds. The Bertz CT molecular complexity index is 502. The Balaban J connectivity index is 2.15. The first kappa shape index (κ1) is 15.8. The number of nitrogens with zero attached hydrogens (tertiary/aromatic N) is 1. The van der Waals surface area contributed by atoms with Crippen LogP contribution in [0.2, 0.25) is 20.6 Å². The van der Waals surface area contributed by atoms with E-state index in [4.69, 9.17) is 0 Å². The first-order chi connectivity index (χ1) is 9.98. The Hall–Kier alpha value is -0.116. The van der Waals surface area contributed by atoms with Crippen molar-refractivity contribution < 1.29 is 0 Å². The quantitative estimate of drug-likeness (QED) is 0.595. The third kappa shape index (κ3) is 3.16. The molecular weight excluding hydrogens is 360 g/mol. The summed E-state index contributed by atoms with van der Waals surface area (Å²) in [6.07, 6.45) is 13.3. The molecule has 1 aromatic heterocycles. The van der Waals surface area contributed by atoms with Gasteiger partial charge in [-0.2, -0.15) is 0 Å². The molecule has 114 valence electrons. The second-order valence-electron chi connectivity index (χ2n) is 8.22. The van der Waals surface area contributed by atoms with Crippen molar-refractivity contribution in [2.24, 2.45) is 5.92 Å². The molecule has 0 N–H and O–H groups in total. The summed E-state index contributed by atoms with van der Waals surface area (Å²) >= 11 is -1.99. The molecule has 2 aliphatic heterocycles. The summed E-state index contributed by atoms with van der Waals surface area (Å²) in [5.74, 6) is 1.75. The third-order valence-electron chi connectivity index (χ3n) is 5.97. The van der Waals surface area contributed by atoms with E-state index in [1.807, 2.05) is 9.06 Å². The summed E-state index contributed by atoms with van der Waals surface area (Å²) in [6, 6.07) is 4.42. The van der Waals surface area contributed by atoms with Crippen LogP contribution in [0.3, 0.4) is 0 Å². The van der Waals surface area contributed by atoms with Crippen LogP contribution in [0.5, 0.6) is 0 Å². The molecule has 3 heterocycles. The van der Waals surface area contributed by atoms with Gasteiger partial charge >= 0.3 is 135 Å². The fourth-order valence-corrected chi connectivity index (χ4v) is 8.04. The molecule has 0 spiro atoms. The van der Waals surface area contributed by atoms with E-state index in [9.17, 15) is 0 Å². The average Bonchev–Trinajstić information content (AvgIpc) is 2.77. The molecule has 0 radical (unpaired) electrons. The topological polar surface area (TPSA) is 4.93 Å². The van der Waals surface area contributed by atoms with E-state index in [0.717, 1.165) is 11.7 Å². The second kappa shape index (κ2) is 6.18. The maximum absolute atomic E-state index is 2.60. The summed E-state index contributed by atoms with van der Waals surface area (Å²) in [7, 11) is 0. The van der Waals surface area contributed by atoms with Crippen molar-refractivity contribution in [1.29, 1.82) is 0 Å². The van der Waals surface area contributed by atoms with Crippen LogP contribution < -0.4 is 0 Å². The Morgan fingerprint density at radius 3 is 2.14 bits per heavy atom. The molecule has 21 heavy (non-hydrogen) atoms. The molecule has 0 saturated carbocycles. The molecule has 1 nitrogen and oxygen atoms in total. The molecule has 3 heteroatoms. The van der Waals surface area contributed by atoms with Gasteiger partial charge in [0.2, 0.25) is 0 Å². The van der Waals surface area contributed by atoms with Gasteiger partial charge in [0, 0.05) is 0 Å². The van der Waals surface area contributed by atoms with Crippen LogP contribution in [-0.4, -0.2) is 29.7 Å². The van der Waals surface area contributed by atoms with Gasteiger partial charge < -0.3 is 0 Å². The fourth-order valence-electron chi connectivity index (χ4n) is 4.56. The number of aromatic nitrogens is 1. The van der Waals surface area contributed by atoms with Gasteiger partial charge in [0.05, 0.1) is 0 Å². The molecule has 0 unspecified atom stereocenters. The van der Waals surface area contributed by atoms with Gasteiger partial charge in [-0.1, -0.05) is 0 Å². The van der Waals surface area contributed by atoms with E-state index in [1.165, 1.54) is 38.5 Å². The van der Waals surface area contributed by atoms with Gasteiger partial charge in [0.25, 0.3) is 0 Å². The molecule has 2 fully saturated rings. The average molecular weight is 390 g/mol. The van der Waals surface area contributed by atoms with Crippen molar-refractivity contribution in [2.75, 3.05) is 0 Å². The summed E-state index contributed by atoms with van der Waals surface area (Å²) < 4.78 is 4.41. The molecule has 0 aromatic carbocycles. The van der Waals surface area contributed by atoms with Crippen molar-refractivity contribution in [1.82, 2.24) is 4.48 Å². The van der Waals surface area contributed by atoms with Gasteiger partial charge in [-0.15, -0.1) is 0 Å². The van der Waals surface area contributed by atoms with Crippen LogP contribution in [0.1, 0.15) is 45.4 Å². The summed E-state index contributed by atoms with van der Waals surface area (Å²) in [5, 5.41) is 0. The number of allylic oxidation sites excluding steroid dienone is 2. The normalized spacial score (nSPS) is 29.2. The predicted octanol–water partition coefficient (Wildman–Crippen LogP) is 5.42. The minimum atomic E-state index is -1.99. The fraction of sp³-hybridized carbons (Fsp3) is 0.667. The van der Waals surface area contributed by atoms with Gasteiger partial charge in [-0.3, -0.25) is 0 Å². The Morgan fingerprint density at radius 1 is 1.05 bits per heavy atom. The molecule has 2 bridgehead atoms. The molecule has 1 aromatic rings. The van der Waals surface area contributed by atoms with Crippen molar-refractivity contribution in [3.63, 3.8) is 0 Å². The van der Waals surface area contributed by atoms with Crippen LogP contribution in [0.25, 0.3) is 0 Å². The first-order valence-electron chi connectivity index (χ1n) is 8.82. The standard InChI is InChI=1S/C15H21BN.3CH3.Sn/c1-2-15-13-7-5-9-14(10-6-8-13)16(15)17-11-3-4-12-17;;;;/h3-4,11-14H,5-10H2,1H3;3*1H3;. The Kier molecular flexibility index (Phi) is 4.64. The monoisotopic (exact) mass is 391 g/mol. The SMILES string of the molecule is C/[C](=C1/B(n2cccc2)C2CCCC1CCC2)[Sn]([CH3])([CH3])[CH3]. The molecule has 0 atom stereocenters.